The molecule has 0 bridgehead atoms. The van der Waals surface area contributed by atoms with Crippen molar-refractivity contribution in [3.8, 4) is 0 Å². The van der Waals surface area contributed by atoms with Crippen molar-refractivity contribution in [1.82, 2.24) is 0 Å². The number of hydrogen-bond donors (Lipinski definition) is 0. The highest BCUT2D eigenvalue weighted by atomic mass is 16.6. The van der Waals surface area contributed by atoms with Crippen LogP contribution in [0.3, 0.4) is 0 Å². The zero-order valence-electron chi connectivity index (χ0n) is 8.71. The van der Waals surface area contributed by atoms with Gasteiger partial charge in [-0.05, 0) is 0 Å². The Morgan fingerprint density at radius 2 is 0.833 bits per heavy atom. The van der Waals surface area contributed by atoms with E-state index in [0.717, 1.165) is 0 Å². The summed E-state index contributed by atoms with van der Waals surface area (Å²) in [5, 5.41) is 22.7. The van der Waals surface area contributed by atoms with Crippen molar-refractivity contribution in [2.45, 2.75) is 52.6 Å². The topological polar surface area (TPSA) is 52.1 Å². The second kappa shape index (κ2) is 2.92. The predicted octanol–water partition coefficient (Wildman–Crippen LogP) is 2.06. The Kier molecular flexibility index (Phi) is 2.72. The van der Waals surface area contributed by atoms with Crippen LogP contribution in [-0.4, -0.2) is 20.8 Å². The van der Waals surface area contributed by atoms with E-state index in [2.05, 4.69) is 0 Å². The quantitative estimate of drug-likeness (QED) is 0.320. The highest BCUT2D eigenvalue weighted by Crippen LogP contribution is 2.12. The minimum absolute atomic E-state index is 0.465. The number of hydrogen-bond acceptors (Lipinski definition) is 2. The Bertz CT molecular complexity index is 174. The normalized spacial score (nSPS) is 15.8. The van der Waals surface area contributed by atoms with E-state index in [0.29, 0.717) is 9.72 Å². The van der Waals surface area contributed by atoms with Crippen LogP contribution in [0.2, 0.25) is 0 Å². The minimum Gasteiger partial charge on any atom is -0.567 e. The molecule has 0 amide bonds. The average Bonchev–Trinajstić information content (AvgIpc) is 1.80. The third-order valence-corrected chi connectivity index (χ3v) is 1.31. The van der Waals surface area contributed by atoms with Gasteiger partial charge in [-0.1, -0.05) is 0 Å². The van der Waals surface area contributed by atoms with Crippen LogP contribution in [0.5, 0.6) is 0 Å². The molecule has 0 aliphatic rings. The molecule has 72 valence electrons. The Labute approximate surface area is 73.7 Å². The molecule has 0 spiro atoms. The summed E-state index contributed by atoms with van der Waals surface area (Å²) in [6.45, 7) is 10.2. The molecule has 0 aromatic rings. The average molecular weight is 174 g/mol. The van der Waals surface area contributed by atoms with Gasteiger partial charge in [-0.3, -0.25) is 0 Å². The molecule has 0 aromatic carbocycles. The first-order valence-electron chi connectivity index (χ1n) is 4.01. The van der Waals surface area contributed by atoms with Crippen molar-refractivity contribution in [3.05, 3.63) is 10.4 Å². The molecule has 0 aliphatic carbocycles. The van der Waals surface area contributed by atoms with Crippen LogP contribution in [0.15, 0.2) is 0 Å². The summed E-state index contributed by atoms with van der Waals surface area (Å²) in [5.74, 6) is 0. The van der Waals surface area contributed by atoms with Gasteiger partial charge in [-0.25, -0.2) is 0 Å². The lowest BCUT2D eigenvalue weighted by Crippen LogP contribution is -2.42. The molecule has 0 aliphatic heterocycles. The molecule has 0 saturated heterocycles. The fourth-order valence-corrected chi connectivity index (χ4v) is 0.545. The molecule has 0 rings (SSSR count). The maximum absolute atomic E-state index is 11.3. The van der Waals surface area contributed by atoms with Gasteiger partial charge in [-0.2, -0.15) is 0 Å². The molecule has 0 atom stereocenters. The maximum atomic E-state index is 11.3. The summed E-state index contributed by atoms with van der Waals surface area (Å²) in [6.07, 6.45) is 0. The SMILES string of the molecule is CC(C)(C)/[N+]([O-])=[N+](\[O-])C(C)(C)C. The highest BCUT2D eigenvalue weighted by Gasteiger charge is 2.34. The van der Waals surface area contributed by atoms with Crippen molar-refractivity contribution < 1.29 is 9.72 Å². The van der Waals surface area contributed by atoms with Crippen LogP contribution in [0.1, 0.15) is 41.5 Å². The van der Waals surface area contributed by atoms with Gasteiger partial charge in [0.2, 0.25) is 11.1 Å². The summed E-state index contributed by atoms with van der Waals surface area (Å²) in [5.41, 5.74) is -1.34. The second-order valence-corrected chi connectivity index (χ2v) is 4.89. The number of hydroxylamine groups is 2. The van der Waals surface area contributed by atoms with Crippen LogP contribution < -0.4 is 0 Å². The third kappa shape index (κ3) is 2.68. The molecular formula is C8H18N2O2. The Morgan fingerprint density at radius 1 is 0.667 bits per heavy atom. The van der Waals surface area contributed by atoms with Crippen molar-refractivity contribution in [2.75, 3.05) is 0 Å². The van der Waals surface area contributed by atoms with Gasteiger partial charge in [0.25, 0.3) is 0 Å². The lowest BCUT2D eigenvalue weighted by molar-refractivity contribution is -1.02. The smallest absolute Gasteiger partial charge is 0.230 e. The Morgan fingerprint density at radius 3 is 0.917 bits per heavy atom. The molecule has 0 radical (unpaired) electrons. The van der Waals surface area contributed by atoms with E-state index >= 15 is 0 Å². The Hall–Kier alpha value is -0.800. The number of rotatable bonds is 0. The lowest BCUT2D eigenvalue weighted by Gasteiger charge is -2.20. The summed E-state index contributed by atoms with van der Waals surface area (Å²) in [4.78, 5) is 0.931. The molecule has 0 unspecified atom stereocenters. The number of azo groups is 1. The van der Waals surface area contributed by atoms with Gasteiger partial charge >= 0.3 is 0 Å². The van der Waals surface area contributed by atoms with Crippen molar-refractivity contribution >= 4 is 0 Å². The zero-order chi connectivity index (χ0) is 10.2. The van der Waals surface area contributed by atoms with Gasteiger partial charge in [-0.15, -0.1) is 0 Å². The second-order valence-electron chi connectivity index (χ2n) is 4.89. The third-order valence-electron chi connectivity index (χ3n) is 1.31. The van der Waals surface area contributed by atoms with E-state index in [1.807, 2.05) is 0 Å². The molecule has 4 heteroatoms. The van der Waals surface area contributed by atoms with Crippen LogP contribution in [0, 0.1) is 10.4 Å². The molecular weight excluding hydrogens is 156 g/mol. The van der Waals surface area contributed by atoms with Crippen LogP contribution in [-0.2, 0) is 0 Å². The van der Waals surface area contributed by atoms with Gasteiger partial charge in [0.05, 0.1) is 0 Å². The first kappa shape index (κ1) is 11.2. The van der Waals surface area contributed by atoms with Crippen LogP contribution in [0.4, 0.5) is 0 Å². The predicted molar refractivity (Wildman–Crippen MR) is 46.8 cm³/mol. The molecule has 12 heavy (non-hydrogen) atoms. The van der Waals surface area contributed by atoms with Gasteiger partial charge in [0, 0.05) is 51.3 Å². The summed E-state index contributed by atoms with van der Waals surface area (Å²) in [7, 11) is 0. The summed E-state index contributed by atoms with van der Waals surface area (Å²) < 4.78 is 0. The van der Waals surface area contributed by atoms with Gasteiger partial charge in [0.15, 0.2) is 0 Å². The molecule has 4 nitrogen and oxygen atoms in total. The van der Waals surface area contributed by atoms with E-state index in [1.54, 1.807) is 41.5 Å². The lowest BCUT2D eigenvalue weighted by atomic mass is 10.1. The standard InChI is InChI=1S/C8H18N2O2/c1-7(2,3)9(11)10(12)8(4,5)6/h1-6H3/b10-9+. The van der Waals surface area contributed by atoms with Crippen molar-refractivity contribution in [2.24, 2.45) is 0 Å². The molecule has 0 aromatic heterocycles. The van der Waals surface area contributed by atoms with Crippen molar-refractivity contribution in [3.63, 3.8) is 0 Å². The van der Waals surface area contributed by atoms with E-state index < -0.39 is 11.1 Å². The van der Waals surface area contributed by atoms with E-state index in [-0.39, 0.29) is 0 Å². The van der Waals surface area contributed by atoms with Crippen LogP contribution in [0.25, 0.3) is 0 Å². The number of nitrogens with zero attached hydrogens (tertiary/aromatic N) is 2. The molecule has 0 N–H and O–H groups in total. The van der Waals surface area contributed by atoms with E-state index in [4.69, 9.17) is 0 Å². The minimum atomic E-state index is -0.672. The first-order chi connectivity index (χ1) is 5.07. The zero-order valence-corrected chi connectivity index (χ0v) is 8.71. The van der Waals surface area contributed by atoms with Crippen LogP contribution >= 0.6 is 0 Å². The Balaban J connectivity index is 4.96. The van der Waals surface area contributed by atoms with Gasteiger partial charge in [0.1, 0.15) is 0 Å². The monoisotopic (exact) mass is 174 g/mol. The molecule has 0 heterocycles. The fraction of sp³-hybridized carbons (Fsp3) is 1.00. The highest BCUT2D eigenvalue weighted by molar-refractivity contribution is 4.56. The molecule has 0 saturated carbocycles. The summed E-state index contributed by atoms with van der Waals surface area (Å²) >= 11 is 0. The maximum Gasteiger partial charge on any atom is 0.230 e. The van der Waals surface area contributed by atoms with Gasteiger partial charge < -0.3 is 10.4 Å². The molecule has 0 fully saturated rings. The van der Waals surface area contributed by atoms with E-state index in [1.165, 1.54) is 0 Å². The first-order valence-corrected chi connectivity index (χ1v) is 4.01. The fourth-order valence-electron chi connectivity index (χ4n) is 0.545. The van der Waals surface area contributed by atoms with E-state index in [9.17, 15) is 10.4 Å². The van der Waals surface area contributed by atoms with Crippen molar-refractivity contribution in [1.29, 1.82) is 0 Å². The largest absolute Gasteiger partial charge is 0.567 e. The summed E-state index contributed by atoms with van der Waals surface area (Å²) in [6, 6.07) is 0.